The number of piperazine rings is 1. The minimum Gasteiger partial charge on any atom is -0.383 e. The van der Waals surface area contributed by atoms with Crippen LogP contribution in [0.2, 0.25) is 5.02 Å². The molecule has 176 valence electrons. The maximum atomic E-state index is 12.3. The molecule has 34 heavy (non-hydrogen) atoms. The van der Waals surface area contributed by atoms with Gasteiger partial charge in [0.1, 0.15) is 18.4 Å². The fourth-order valence-electron chi connectivity index (χ4n) is 4.89. The fourth-order valence-corrected chi connectivity index (χ4v) is 5.07. The molecule has 8 nitrogen and oxygen atoms in total. The van der Waals surface area contributed by atoms with E-state index in [1.165, 1.54) is 6.33 Å². The van der Waals surface area contributed by atoms with E-state index < -0.39 is 0 Å². The quantitative estimate of drug-likeness (QED) is 0.393. The van der Waals surface area contributed by atoms with Gasteiger partial charge < -0.3 is 20.2 Å². The lowest BCUT2D eigenvalue weighted by atomic mass is 10.0. The Labute approximate surface area is 202 Å². The number of aromatic nitrogens is 3. The topological polar surface area (TPSA) is 100 Å². The van der Waals surface area contributed by atoms with Crippen LogP contribution < -0.4 is 5.73 Å². The summed E-state index contributed by atoms with van der Waals surface area (Å²) in [4.78, 5) is 28.7. The zero-order valence-corrected chi connectivity index (χ0v) is 19.7. The van der Waals surface area contributed by atoms with Crippen molar-refractivity contribution in [2.45, 2.75) is 25.2 Å². The second kappa shape index (κ2) is 9.68. The Morgan fingerprint density at radius 1 is 1.15 bits per heavy atom. The number of benzene rings is 2. The molecule has 3 N–H and O–H groups in total. The van der Waals surface area contributed by atoms with Gasteiger partial charge in [-0.1, -0.05) is 17.7 Å². The zero-order valence-electron chi connectivity index (χ0n) is 18.9. The van der Waals surface area contributed by atoms with Crippen LogP contribution in [-0.4, -0.2) is 69.9 Å². The summed E-state index contributed by atoms with van der Waals surface area (Å²) in [5, 5.41) is 2.63. The van der Waals surface area contributed by atoms with Gasteiger partial charge in [-0.25, -0.2) is 9.97 Å². The Morgan fingerprint density at radius 2 is 2.00 bits per heavy atom. The molecule has 5 rings (SSSR count). The number of methoxy groups -OCH3 is 1. The molecule has 0 radical (unpaired) electrons. The number of anilines is 1. The SMILES string of the molecule is COC[C@@H]1C(C=O)N(Cc2ccc3c(N)ncnc3c2)CCN1Cc1cc2cc(Cl)ccc2[nH]1. The Kier molecular flexibility index (Phi) is 6.47. The number of nitrogen functional groups attached to an aromatic ring is 1. The molecule has 0 spiro atoms. The van der Waals surface area contributed by atoms with E-state index in [4.69, 9.17) is 22.1 Å². The first-order valence-corrected chi connectivity index (χ1v) is 11.6. The van der Waals surface area contributed by atoms with Gasteiger partial charge in [-0.2, -0.15) is 0 Å². The lowest BCUT2D eigenvalue weighted by Crippen LogP contribution is -2.61. The number of nitrogens with zero attached hydrogens (tertiary/aromatic N) is 4. The Hall–Kier alpha value is -3.04. The van der Waals surface area contributed by atoms with Gasteiger partial charge in [-0.3, -0.25) is 9.80 Å². The number of hydrogen-bond acceptors (Lipinski definition) is 7. The van der Waals surface area contributed by atoms with E-state index in [9.17, 15) is 4.79 Å². The number of carbonyl (C=O) groups excluding carboxylic acids is 1. The summed E-state index contributed by atoms with van der Waals surface area (Å²) < 4.78 is 5.54. The summed E-state index contributed by atoms with van der Waals surface area (Å²) in [7, 11) is 1.68. The molecule has 1 fully saturated rings. The third-order valence-electron chi connectivity index (χ3n) is 6.57. The molecule has 0 amide bonds. The number of aromatic amines is 1. The van der Waals surface area contributed by atoms with Crippen molar-refractivity contribution in [3.63, 3.8) is 0 Å². The molecule has 0 bridgehead atoms. The second-order valence-electron chi connectivity index (χ2n) is 8.73. The lowest BCUT2D eigenvalue weighted by molar-refractivity contribution is -0.120. The summed E-state index contributed by atoms with van der Waals surface area (Å²) in [5.74, 6) is 0.468. The number of H-pyrrole nitrogens is 1. The Morgan fingerprint density at radius 3 is 2.82 bits per heavy atom. The van der Waals surface area contributed by atoms with Gasteiger partial charge in [-0.05, 0) is 42.0 Å². The molecule has 1 aliphatic heterocycles. The van der Waals surface area contributed by atoms with E-state index >= 15 is 0 Å². The number of hydrogen-bond donors (Lipinski definition) is 2. The van der Waals surface area contributed by atoms with Crippen LogP contribution in [0.3, 0.4) is 0 Å². The highest BCUT2D eigenvalue weighted by molar-refractivity contribution is 6.31. The van der Waals surface area contributed by atoms with Crippen LogP contribution in [-0.2, 0) is 22.6 Å². The molecular weight excluding hydrogens is 452 g/mol. The van der Waals surface area contributed by atoms with Crippen molar-refractivity contribution >= 4 is 45.5 Å². The molecule has 1 unspecified atom stereocenters. The zero-order chi connectivity index (χ0) is 23.7. The number of fused-ring (bicyclic) bond motifs is 2. The molecule has 1 saturated heterocycles. The average Bonchev–Trinajstić information content (AvgIpc) is 3.22. The third kappa shape index (κ3) is 4.50. The molecule has 0 saturated carbocycles. The van der Waals surface area contributed by atoms with Gasteiger partial charge in [0.25, 0.3) is 0 Å². The van der Waals surface area contributed by atoms with Crippen LogP contribution in [0.25, 0.3) is 21.8 Å². The minimum absolute atomic E-state index is 0.0651. The van der Waals surface area contributed by atoms with Crippen molar-refractivity contribution in [1.29, 1.82) is 0 Å². The summed E-state index contributed by atoms with van der Waals surface area (Å²) in [6, 6.07) is 13.6. The van der Waals surface area contributed by atoms with Crippen molar-refractivity contribution in [2.24, 2.45) is 0 Å². The molecule has 2 aromatic heterocycles. The molecule has 0 aliphatic carbocycles. The highest BCUT2D eigenvalue weighted by Crippen LogP contribution is 2.25. The third-order valence-corrected chi connectivity index (χ3v) is 6.80. The predicted octanol–water partition coefficient (Wildman–Crippen LogP) is 3.25. The van der Waals surface area contributed by atoms with E-state index in [0.717, 1.165) is 52.4 Å². The van der Waals surface area contributed by atoms with Crippen molar-refractivity contribution in [1.82, 2.24) is 24.8 Å². The average molecular weight is 479 g/mol. The maximum absolute atomic E-state index is 12.3. The van der Waals surface area contributed by atoms with E-state index in [1.807, 2.05) is 36.4 Å². The van der Waals surface area contributed by atoms with E-state index in [2.05, 4.69) is 30.8 Å². The first kappa shape index (κ1) is 22.7. The molecule has 4 aromatic rings. The number of halogens is 1. The van der Waals surface area contributed by atoms with Crippen LogP contribution in [0.1, 0.15) is 11.3 Å². The van der Waals surface area contributed by atoms with Crippen molar-refractivity contribution in [2.75, 3.05) is 32.5 Å². The summed E-state index contributed by atoms with van der Waals surface area (Å²) in [6.45, 7) is 3.39. The summed E-state index contributed by atoms with van der Waals surface area (Å²) >= 11 is 6.15. The first-order chi connectivity index (χ1) is 16.6. The molecule has 2 aromatic carbocycles. The lowest BCUT2D eigenvalue weighted by Gasteiger charge is -2.45. The second-order valence-corrected chi connectivity index (χ2v) is 9.16. The van der Waals surface area contributed by atoms with Crippen molar-refractivity contribution < 1.29 is 9.53 Å². The van der Waals surface area contributed by atoms with Gasteiger partial charge in [0.15, 0.2) is 0 Å². The molecule has 3 heterocycles. The number of nitrogens with two attached hydrogens (primary N) is 1. The van der Waals surface area contributed by atoms with Crippen molar-refractivity contribution in [3.05, 3.63) is 65.1 Å². The van der Waals surface area contributed by atoms with Gasteiger partial charge in [-0.15, -0.1) is 0 Å². The molecular formula is C25H27ClN6O2. The summed E-state index contributed by atoms with van der Waals surface area (Å²) in [5.41, 5.74) is 9.98. The number of nitrogens with one attached hydrogen (secondary N) is 1. The number of carbonyl (C=O) groups is 1. The predicted molar refractivity (Wildman–Crippen MR) is 134 cm³/mol. The van der Waals surface area contributed by atoms with E-state index in [-0.39, 0.29) is 12.1 Å². The van der Waals surface area contributed by atoms with Crippen LogP contribution in [0.4, 0.5) is 5.82 Å². The highest BCUT2D eigenvalue weighted by atomic mass is 35.5. The number of ether oxygens (including phenoxy) is 1. The Balaban J connectivity index is 1.35. The van der Waals surface area contributed by atoms with Gasteiger partial charge in [0.2, 0.25) is 0 Å². The van der Waals surface area contributed by atoms with Crippen LogP contribution in [0, 0.1) is 0 Å². The molecule has 1 aliphatic rings. The van der Waals surface area contributed by atoms with Crippen LogP contribution in [0.5, 0.6) is 0 Å². The van der Waals surface area contributed by atoms with Gasteiger partial charge in [0.05, 0.1) is 24.2 Å². The maximum Gasteiger partial charge on any atom is 0.138 e. The normalized spacial score (nSPS) is 19.7. The van der Waals surface area contributed by atoms with Crippen molar-refractivity contribution in [3.8, 4) is 0 Å². The number of aldehydes is 1. The van der Waals surface area contributed by atoms with Gasteiger partial charge in [0, 0.05) is 60.3 Å². The minimum atomic E-state index is -0.293. The smallest absolute Gasteiger partial charge is 0.138 e. The van der Waals surface area contributed by atoms with E-state index in [1.54, 1.807) is 7.11 Å². The molecule has 9 heteroatoms. The summed E-state index contributed by atoms with van der Waals surface area (Å²) in [6.07, 6.45) is 2.52. The Bertz CT molecular complexity index is 1330. The van der Waals surface area contributed by atoms with Crippen LogP contribution >= 0.6 is 11.6 Å². The fraction of sp³-hybridized carbons (Fsp3) is 0.320. The first-order valence-electron chi connectivity index (χ1n) is 11.2. The standard InChI is InChI=1S/C25H27ClN6O2/c1-34-14-24-23(13-33)31(11-16-2-4-20-22(8-16)28-15-29-25(20)27)6-7-32(24)12-19-10-17-9-18(26)3-5-21(17)30-19/h2-5,8-10,13,15,23-24,30H,6-7,11-12,14H2,1H3,(H2,27,28,29)/t23?,24-/m1/s1. The largest absolute Gasteiger partial charge is 0.383 e. The van der Waals surface area contributed by atoms with Crippen LogP contribution in [0.15, 0.2) is 48.8 Å². The number of rotatable bonds is 7. The van der Waals surface area contributed by atoms with Gasteiger partial charge >= 0.3 is 0 Å². The molecule has 2 atom stereocenters. The highest BCUT2D eigenvalue weighted by Gasteiger charge is 2.36. The monoisotopic (exact) mass is 478 g/mol. The van der Waals surface area contributed by atoms with E-state index in [0.29, 0.717) is 30.5 Å².